The monoisotopic (exact) mass is 321 g/mol. The molecule has 1 aromatic carbocycles. The SMILES string of the molecule is CCOC[C@@H](NC(=O)CCc1ccc2c(c1)OCCO2)C(C)C. The van der Waals surface area contributed by atoms with Crippen LogP contribution in [0.4, 0.5) is 0 Å². The summed E-state index contributed by atoms with van der Waals surface area (Å²) in [6.07, 6.45) is 1.14. The number of ether oxygens (including phenoxy) is 3. The Morgan fingerprint density at radius 1 is 1.26 bits per heavy atom. The summed E-state index contributed by atoms with van der Waals surface area (Å²) >= 11 is 0. The van der Waals surface area contributed by atoms with E-state index in [1.165, 1.54) is 0 Å². The van der Waals surface area contributed by atoms with Crippen LogP contribution in [-0.2, 0) is 16.0 Å². The van der Waals surface area contributed by atoms with Crippen LogP contribution in [-0.4, -0.2) is 38.4 Å². The van der Waals surface area contributed by atoms with Gasteiger partial charge in [-0.15, -0.1) is 0 Å². The number of benzene rings is 1. The number of carbonyl (C=O) groups excluding carboxylic acids is 1. The van der Waals surface area contributed by atoms with Gasteiger partial charge in [0.05, 0.1) is 12.6 Å². The van der Waals surface area contributed by atoms with Crippen LogP contribution in [0.15, 0.2) is 18.2 Å². The number of hydrogen-bond donors (Lipinski definition) is 1. The van der Waals surface area contributed by atoms with Gasteiger partial charge in [-0.1, -0.05) is 19.9 Å². The molecule has 1 N–H and O–H groups in total. The third-order valence-corrected chi connectivity index (χ3v) is 3.90. The summed E-state index contributed by atoms with van der Waals surface area (Å²) in [6.45, 7) is 8.52. The molecule has 5 heteroatoms. The fourth-order valence-electron chi connectivity index (χ4n) is 2.43. The molecule has 1 aromatic rings. The predicted octanol–water partition coefficient (Wildman–Crippen LogP) is 2.57. The zero-order valence-corrected chi connectivity index (χ0v) is 14.3. The number of hydrogen-bond acceptors (Lipinski definition) is 4. The minimum absolute atomic E-state index is 0.0540. The molecule has 0 aliphatic carbocycles. The second-order valence-corrected chi connectivity index (χ2v) is 6.06. The summed E-state index contributed by atoms with van der Waals surface area (Å²) in [5.41, 5.74) is 1.08. The van der Waals surface area contributed by atoms with Gasteiger partial charge in [-0.05, 0) is 37.0 Å². The van der Waals surface area contributed by atoms with Gasteiger partial charge in [0.15, 0.2) is 11.5 Å². The van der Waals surface area contributed by atoms with E-state index in [0.717, 1.165) is 17.1 Å². The molecule has 1 heterocycles. The molecule has 0 spiro atoms. The summed E-state index contributed by atoms with van der Waals surface area (Å²) in [5, 5.41) is 3.06. The number of amides is 1. The predicted molar refractivity (Wildman–Crippen MR) is 89.0 cm³/mol. The zero-order chi connectivity index (χ0) is 16.7. The minimum Gasteiger partial charge on any atom is -0.486 e. The second kappa shape index (κ2) is 8.77. The summed E-state index contributed by atoms with van der Waals surface area (Å²) in [6, 6.07) is 5.92. The maximum Gasteiger partial charge on any atom is 0.220 e. The first-order chi connectivity index (χ1) is 11.1. The van der Waals surface area contributed by atoms with E-state index >= 15 is 0 Å². The topological polar surface area (TPSA) is 56.8 Å². The fourth-order valence-corrected chi connectivity index (χ4v) is 2.43. The number of rotatable bonds is 8. The molecule has 1 atom stereocenters. The Morgan fingerprint density at radius 3 is 2.70 bits per heavy atom. The normalized spacial score (nSPS) is 14.6. The van der Waals surface area contributed by atoms with Crippen LogP contribution in [0.25, 0.3) is 0 Å². The molecule has 2 rings (SSSR count). The first-order valence-electron chi connectivity index (χ1n) is 8.35. The van der Waals surface area contributed by atoms with Crippen molar-refractivity contribution < 1.29 is 19.0 Å². The Labute approximate surface area is 138 Å². The Bertz CT molecular complexity index is 516. The third-order valence-electron chi connectivity index (χ3n) is 3.90. The zero-order valence-electron chi connectivity index (χ0n) is 14.3. The highest BCUT2D eigenvalue weighted by Crippen LogP contribution is 2.31. The molecule has 0 bridgehead atoms. The Hall–Kier alpha value is -1.75. The van der Waals surface area contributed by atoms with Crippen LogP contribution in [0.5, 0.6) is 11.5 Å². The molecule has 0 saturated carbocycles. The maximum absolute atomic E-state index is 12.2. The van der Waals surface area contributed by atoms with Crippen molar-refractivity contribution >= 4 is 5.91 Å². The first kappa shape index (κ1) is 17.6. The highest BCUT2D eigenvalue weighted by molar-refractivity contribution is 5.76. The number of fused-ring (bicyclic) bond motifs is 1. The van der Waals surface area contributed by atoms with E-state index in [2.05, 4.69) is 19.2 Å². The standard InChI is InChI=1S/C18H27NO4/c1-4-21-12-15(13(2)3)19-18(20)8-6-14-5-7-16-17(11-14)23-10-9-22-16/h5,7,11,13,15H,4,6,8-10,12H2,1-3H3,(H,19,20)/t15-/m1/s1. The lowest BCUT2D eigenvalue weighted by molar-refractivity contribution is -0.122. The van der Waals surface area contributed by atoms with E-state index in [1.807, 2.05) is 25.1 Å². The molecule has 0 fully saturated rings. The molecular formula is C18H27NO4. The van der Waals surface area contributed by atoms with Gasteiger partial charge in [0, 0.05) is 13.0 Å². The summed E-state index contributed by atoms with van der Waals surface area (Å²) in [7, 11) is 0. The molecule has 1 aliphatic heterocycles. The van der Waals surface area contributed by atoms with Crippen LogP contribution in [0.1, 0.15) is 32.8 Å². The average Bonchev–Trinajstić information content (AvgIpc) is 2.56. The van der Waals surface area contributed by atoms with Gasteiger partial charge in [0.25, 0.3) is 0 Å². The maximum atomic E-state index is 12.2. The number of carbonyl (C=O) groups is 1. The minimum atomic E-state index is 0.0540. The van der Waals surface area contributed by atoms with Crippen molar-refractivity contribution in [2.24, 2.45) is 5.92 Å². The van der Waals surface area contributed by atoms with Crippen molar-refractivity contribution in [2.75, 3.05) is 26.4 Å². The highest BCUT2D eigenvalue weighted by Gasteiger charge is 2.17. The molecule has 0 aromatic heterocycles. The highest BCUT2D eigenvalue weighted by atomic mass is 16.6. The van der Waals surface area contributed by atoms with E-state index in [0.29, 0.717) is 45.2 Å². The van der Waals surface area contributed by atoms with Crippen LogP contribution < -0.4 is 14.8 Å². The Balaban J connectivity index is 1.83. The lowest BCUT2D eigenvalue weighted by atomic mass is 10.0. The smallest absolute Gasteiger partial charge is 0.220 e. The Morgan fingerprint density at radius 2 is 2.00 bits per heavy atom. The molecule has 23 heavy (non-hydrogen) atoms. The lowest BCUT2D eigenvalue weighted by Gasteiger charge is -2.22. The molecule has 1 aliphatic rings. The van der Waals surface area contributed by atoms with E-state index in [1.54, 1.807) is 0 Å². The molecule has 0 unspecified atom stereocenters. The third kappa shape index (κ3) is 5.43. The van der Waals surface area contributed by atoms with Crippen LogP contribution in [0.3, 0.4) is 0 Å². The fraction of sp³-hybridized carbons (Fsp3) is 0.611. The summed E-state index contributed by atoms with van der Waals surface area (Å²) < 4.78 is 16.5. The van der Waals surface area contributed by atoms with Crippen molar-refractivity contribution in [1.29, 1.82) is 0 Å². The summed E-state index contributed by atoms with van der Waals surface area (Å²) in [5.74, 6) is 1.95. The molecule has 0 radical (unpaired) electrons. The van der Waals surface area contributed by atoms with Crippen molar-refractivity contribution in [3.63, 3.8) is 0 Å². The molecule has 0 saturated heterocycles. The summed E-state index contributed by atoms with van der Waals surface area (Å²) in [4.78, 5) is 12.2. The van der Waals surface area contributed by atoms with E-state index in [-0.39, 0.29) is 11.9 Å². The van der Waals surface area contributed by atoms with Gasteiger partial charge in [-0.3, -0.25) is 4.79 Å². The van der Waals surface area contributed by atoms with Gasteiger partial charge < -0.3 is 19.5 Å². The van der Waals surface area contributed by atoms with Crippen molar-refractivity contribution in [1.82, 2.24) is 5.32 Å². The van der Waals surface area contributed by atoms with Crippen LogP contribution in [0.2, 0.25) is 0 Å². The van der Waals surface area contributed by atoms with Gasteiger partial charge in [-0.2, -0.15) is 0 Å². The van der Waals surface area contributed by atoms with Gasteiger partial charge in [0.1, 0.15) is 13.2 Å². The quantitative estimate of drug-likeness (QED) is 0.799. The number of nitrogens with one attached hydrogen (secondary N) is 1. The van der Waals surface area contributed by atoms with Crippen molar-refractivity contribution in [2.45, 2.75) is 39.7 Å². The molecule has 128 valence electrons. The second-order valence-electron chi connectivity index (χ2n) is 6.06. The van der Waals surface area contributed by atoms with Gasteiger partial charge in [0.2, 0.25) is 5.91 Å². The first-order valence-corrected chi connectivity index (χ1v) is 8.35. The number of aryl methyl sites for hydroxylation is 1. The van der Waals surface area contributed by atoms with E-state index < -0.39 is 0 Å². The molecular weight excluding hydrogens is 294 g/mol. The van der Waals surface area contributed by atoms with Gasteiger partial charge in [-0.25, -0.2) is 0 Å². The molecule has 1 amide bonds. The van der Waals surface area contributed by atoms with Crippen LogP contribution in [0, 0.1) is 5.92 Å². The van der Waals surface area contributed by atoms with Crippen LogP contribution >= 0.6 is 0 Å². The van der Waals surface area contributed by atoms with E-state index in [9.17, 15) is 4.79 Å². The molecule has 5 nitrogen and oxygen atoms in total. The average molecular weight is 321 g/mol. The van der Waals surface area contributed by atoms with E-state index in [4.69, 9.17) is 14.2 Å². The van der Waals surface area contributed by atoms with Crippen molar-refractivity contribution in [3.05, 3.63) is 23.8 Å². The van der Waals surface area contributed by atoms with Gasteiger partial charge >= 0.3 is 0 Å². The largest absolute Gasteiger partial charge is 0.486 e. The Kier molecular flexibility index (Phi) is 6.71. The van der Waals surface area contributed by atoms with Crippen molar-refractivity contribution in [3.8, 4) is 11.5 Å². The lowest BCUT2D eigenvalue weighted by Crippen LogP contribution is -2.42.